The molecule has 1 atom stereocenters. The second-order valence-corrected chi connectivity index (χ2v) is 6.07. The lowest BCUT2D eigenvalue weighted by molar-refractivity contribution is 0.671. The van der Waals surface area contributed by atoms with Crippen LogP contribution < -0.4 is 5.32 Å². The monoisotopic (exact) mass is 266 g/mol. The van der Waals surface area contributed by atoms with Crippen molar-refractivity contribution < 1.29 is 0 Å². The van der Waals surface area contributed by atoms with Crippen LogP contribution in [0.1, 0.15) is 35.4 Å². The number of nitrogens with one attached hydrogen (secondary N) is 1. The van der Waals surface area contributed by atoms with Gasteiger partial charge in [0.05, 0.1) is 6.04 Å². The van der Waals surface area contributed by atoms with Crippen LogP contribution in [0.15, 0.2) is 5.38 Å². The lowest BCUT2D eigenvalue weighted by atomic mass is 10.2. The summed E-state index contributed by atoms with van der Waals surface area (Å²) in [6.45, 7) is 3.96. The molecule has 1 fully saturated rings. The standard InChI is InChI=1S/C11H14N4S2/c1-6-5-16-10(12-6)9(8-3-4-8)14-11-13-7(2)15-17-11/h5,8-9H,3-4H2,1-2H3,(H,13,14,15)/t9-/m0/s1. The van der Waals surface area contributed by atoms with Gasteiger partial charge in [0.2, 0.25) is 5.13 Å². The molecule has 2 aromatic heterocycles. The summed E-state index contributed by atoms with van der Waals surface area (Å²) in [4.78, 5) is 8.95. The minimum absolute atomic E-state index is 0.320. The fraction of sp³-hybridized carbons (Fsp3) is 0.545. The second kappa shape index (κ2) is 4.34. The highest BCUT2D eigenvalue weighted by molar-refractivity contribution is 7.10. The fourth-order valence-electron chi connectivity index (χ4n) is 1.81. The molecule has 1 aliphatic carbocycles. The van der Waals surface area contributed by atoms with Crippen molar-refractivity contribution in [2.45, 2.75) is 32.7 Å². The largest absolute Gasteiger partial charge is 0.351 e. The van der Waals surface area contributed by atoms with Gasteiger partial charge in [0, 0.05) is 22.6 Å². The molecular formula is C11H14N4S2. The Morgan fingerprint density at radius 3 is 2.71 bits per heavy atom. The zero-order valence-electron chi connectivity index (χ0n) is 9.80. The number of hydrogen-bond donors (Lipinski definition) is 1. The first-order chi connectivity index (χ1) is 8.22. The molecule has 0 unspecified atom stereocenters. The van der Waals surface area contributed by atoms with E-state index in [1.807, 2.05) is 13.8 Å². The first-order valence-corrected chi connectivity index (χ1v) is 7.36. The summed E-state index contributed by atoms with van der Waals surface area (Å²) in [5, 5.41) is 7.68. The lowest BCUT2D eigenvalue weighted by Crippen LogP contribution is -2.12. The van der Waals surface area contributed by atoms with E-state index in [1.165, 1.54) is 29.4 Å². The van der Waals surface area contributed by atoms with E-state index in [2.05, 4.69) is 25.0 Å². The molecule has 6 heteroatoms. The Morgan fingerprint density at radius 2 is 2.18 bits per heavy atom. The van der Waals surface area contributed by atoms with E-state index in [-0.39, 0.29) is 0 Å². The van der Waals surface area contributed by atoms with E-state index in [0.29, 0.717) is 12.0 Å². The third-order valence-corrected chi connectivity index (χ3v) is 4.59. The van der Waals surface area contributed by atoms with Crippen LogP contribution in [0.5, 0.6) is 0 Å². The second-order valence-electron chi connectivity index (χ2n) is 4.43. The van der Waals surface area contributed by atoms with Crippen molar-refractivity contribution in [3.8, 4) is 0 Å². The lowest BCUT2D eigenvalue weighted by Gasteiger charge is -2.14. The molecule has 17 heavy (non-hydrogen) atoms. The number of thiazole rings is 1. The van der Waals surface area contributed by atoms with E-state index in [9.17, 15) is 0 Å². The van der Waals surface area contributed by atoms with Crippen LogP contribution in [-0.4, -0.2) is 14.3 Å². The van der Waals surface area contributed by atoms with Gasteiger partial charge in [-0.15, -0.1) is 11.3 Å². The first kappa shape index (κ1) is 11.1. The number of aryl methyl sites for hydroxylation is 2. The molecule has 4 nitrogen and oxygen atoms in total. The summed E-state index contributed by atoms with van der Waals surface area (Å²) in [7, 11) is 0. The zero-order valence-corrected chi connectivity index (χ0v) is 11.4. The predicted octanol–water partition coefficient (Wildman–Crippen LogP) is 3.17. The van der Waals surface area contributed by atoms with Gasteiger partial charge in [-0.1, -0.05) is 0 Å². The summed E-state index contributed by atoms with van der Waals surface area (Å²) in [6.07, 6.45) is 2.57. The summed E-state index contributed by atoms with van der Waals surface area (Å²) in [5.74, 6) is 1.55. The Balaban J connectivity index is 1.81. The summed E-state index contributed by atoms with van der Waals surface area (Å²) in [5.41, 5.74) is 1.10. The van der Waals surface area contributed by atoms with Gasteiger partial charge in [0.15, 0.2) is 0 Å². The van der Waals surface area contributed by atoms with Crippen LogP contribution in [0.3, 0.4) is 0 Å². The Hall–Kier alpha value is -1.01. The van der Waals surface area contributed by atoms with Crippen LogP contribution in [0.25, 0.3) is 0 Å². The van der Waals surface area contributed by atoms with Crippen LogP contribution in [0.2, 0.25) is 0 Å². The molecule has 3 rings (SSSR count). The van der Waals surface area contributed by atoms with E-state index >= 15 is 0 Å². The maximum atomic E-state index is 4.59. The third kappa shape index (κ3) is 2.47. The van der Waals surface area contributed by atoms with Gasteiger partial charge in [-0.05, 0) is 32.6 Å². The quantitative estimate of drug-likeness (QED) is 0.923. The van der Waals surface area contributed by atoms with Gasteiger partial charge < -0.3 is 5.32 Å². The molecule has 1 aliphatic rings. The number of anilines is 1. The summed E-state index contributed by atoms with van der Waals surface area (Å²) < 4.78 is 4.20. The van der Waals surface area contributed by atoms with E-state index in [1.54, 1.807) is 11.3 Å². The first-order valence-electron chi connectivity index (χ1n) is 5.71. The van der Waals surface area contributed by atoms with Crippen LogP contribution in [0.4, 0.5) is 5.13 Å². The zero-order chi connectivity index (χ0) is 11.8. The molecule has 0 saturated heterocycles. The van der Waals surface area contributed by atoms with Crippen molar-refractivity contribution in [3.05, 3.63) is 21.9 Å². The molecule has 2 aromatic rings. The van der Waals surface area contributed by atoms with Crippen LogP contribution in [0, 0.1) is 19.8 Å². The molecule has 0 spiro atoms. The smallest absolute Gasteiger partial charge is 0.203 e. The average Bonchev–Trinajstić information content (AvgIpc) is 2.92. The maximum Gasteiger partial charge on any atom is 0.203 e. The topological polar surface area (TPSA) is 50.7 Å². The van der Waals surface area contributed by atoms with Crippen molar-refractivity contribution in [1.29, 1.82) is 0 Å². The Labute approximate surface area is 108 Å². The molecule has 0 bridgehead atoms. The van der Waals surface area contributed by atoms with Gasteiger partial charge in [0.25, 0.3) is 0 Å². The maximum absolute atomic E-state index is 4.59. The van der Waals surface area contributed by atoms with Gasteiger partial charge in [-0.25, -0.2) is 9.97 Å². The van der Waals surface area contributed by atoms with Gasteiger partial charge in [0.1, 0.15) is 10.8 Å². The Bertz CT molecular complexity index is 515. The minimum Gasteiger partial charge on any atom is -0.351 e. The molecule has 1 saturated carbocycles. The number of aromatic nitrogens is 3. The molecule has 0 amide bonds. The summed E-state index contributed by atoms with van der Waals surface area (Å²) in [6, 6.07) is 0.320. The molecule has 0 aromatic carbocycles. The third-order valence-electron chi connectivity index (χ3n) is 2.80. The van der Waals surface area contributed by atoms with Crippen molar-refractivity contribution >= 4 is 28.0 Å². The Kier molecular flexibility index (Phi) is 2.84. The molecule has 2 heterocycles. The van der Waals surface area contributed by atoms with E-state index in [4.69, 9.17) is 0 Å². The van der Waals surface area contributed by atoms with Gasteiger partial charge in [-0.2, -0.15) is 4.37 Å². The average molecular weight is 266 g/mol. The highest BCUT2D eigenvalue weighted by Gasteiger charge is 2.34. The number of hydrogen-bond acceptors (Lipinski definition) is 6. The van der Waals surface area contributed by atoms with Crippen molar-refractivity contribution in [2.75, 3.05) is 5.32 Å². The number of nitrogens with zero attached hydrogens (tertiary/aromatic N) is 3. The highest BCUT2D eigenvalue weighted by Crippen LogP contribution is 2.43. The van der Waals surface area contributed by atoms with Crippen molar-refractivity contribution in [1.82, 2.24) is 14.3 Å². The molecule has 0 aliphatic heterocycles. The molecule has 0 radical (unpaired) electrons. The molecule has 90 valence electrons. The van der Waals surface area contributed by atoms with Crippen LogP contribution in [-0.2, 0) is 0 Å². The Morgan fingerprint density at radius 1 is 1.35 bits per heavy atom. The number of rotatable bonds is 4. The predicted molar refractivity (Wildman–Crippen MR) is 70.6 cm³/mol. The van der Waals surface area contributed by atoms with Crippen molar-refractivity contribution in [3.63, 3.8) is 0 Å². The van der Waals surface area contributed by atoms with E-state index in [0.717, 1.165) is 16.6 Å². The normalized spacial score (nSPS) is 17.1. The minimum atomic E-state index is 0.320. The molecule has 1 N–H and O–H groups in total. The summed E-state index contributed by atoms with van der Waals surface area (Å²) >= 11 is 3.16. The van der Waals surface area contributed by atoms with Crippen molar-refractivity contribution in [2.24, 2.45) is 5.92 Å². The highest BCUT2D eigenvalue weighted by atomic mass is 32.1. The van der Waals surface area contributed by atoms with E-state index < -0.39 is 0 Å². The SMILES string of the molecule is Cc1csc([C@@H](Nc2nc(C)ns2)C2CC2)n1. The molecular weight excluding hydrogens is 252 g/mol. The fourth-order valence-corrected chi connectivity index (χ4v) is 3.37. The van der Waals surface area contributed by atoms with Gasteiger partial charge in [-0.3, -0.25) is 0 Å². The van der Waals surface area contributed by atoms with Crippen LogP contribution >= 0.6 is 22.9 Å². The van der Waals surface area contributed by atoms with Gasteiger partial charge >= 0.3 is 0 Å².